The number of anilines is 1. The van der Waals surface area contributed by atoms with Crippen molar-refractivity contribution < 1.29 is 22.7 Å². The lowest BCUT2D eigenvalue weighted by atomic mass is 9.98. The number of amides is 1. The summed E-state index contributed by atoms with van der Waals surface area (Å²) in [6.45, 7) is 5.82. The van der Waals surface area contributed by atoms with E-state index < -0.39 is 10.0 Å². The average molecular weight is 545 g/mol. The van der Waals surface area contributed by atoms with Crippen LogP contribution in [0.1, 0.15) is 19.8 Å². The van der Waals surface area contributed by atoms with Crippen LogP contribution in [0.4, 0.5) is 5.13 Å². The van der Waals surface area contributed by atoms with Crippen LogP contribution in [-0.4, -0.2) is 81.5 Å². The number of benzene rings is 2. The summed E-state index contributed by atoms with van der Waals surface area (Å²) in [4.78, 5) is 22.5. The van der Waals surface area contributed by atoms with Crippen molar-refractivity contribution in [2.45, 2.75) is 24.7 Å². The zero-order chi connectivity index (χ0) is 26.0. The van der Waals surface area contributed by atoms with Gasteiger partial charge in [-0.15, -0.1) is 0 Å². The molecule has 0 N–H and O–H groups in total. The van der Waals surface area contributed by atoms with Gasteiger partial charge in [0.05, 0.1) is 34.7 Å². The minimum absolute atomic E-state index is 0.0416. The highest BCUT2D eigenvalue weighted by Gasteiger charge is 2.36. The van der Waals surface area contributed by atoms with Gasteiger partial charge in [0.1, 0.15) is 11.5 Å². The minimum Gasteiger partial charge on any atom is -0.497 e. The van der Waals surface area contributed by atoms with Gasteiger partial charge in [-0.05, 0) is 62.2 Å². The second-order valence-electron chi connectivity index (χ2n) is 9.25. The van der Waals surface area contributed by atoms with Crippen molar-refractivity contribution in [3.8, 4) is 11.5 Å². The van der Waals surface area contributed by atoms with E-state index in [1.807, 2.05) is 30.0 Å². The Morgan fingerprint density at radius 3 is 2.49 bits per heavy atom. The number of aromatic nitrogens is 1. The maximum absolute atomic E-state index is 13.4. The van der Waals surface area contributed by atoms with Crippen LogP contribution in [0, 0.1) is 5.92 Å². The number of sulfonamides is 1. The third kappa shape index (κ3) is 5.39. The second kappa shape index (κ2) is 10.8. The van der Waals surface area contributed by atoms with Gasteiger partial charge in [0.15, 0.2) is 5.13 Å². The van der Waals surface area contributed by atoms with Gasteiger partial charge in [-0.1, -0.05) is 11.3 Å². The normalized spacial score (nSPS) is 19.2. The number of nitrogens with zero attached hydrogens (tertiary/aromatic N) is 4. The molecule has 3 aromatic rings. The van der Waals surface area contributed by atoms with Crippen LogP contribution < -0.4 is 14.4 Å². The maximum atomic E-state index is 13.4. The number of thiazole rings is 1. The molecule has 0 aliphatic carbocycles. The van der Waals surface area contributed by atoms with Gasteiger partial charge in [0, 0.05) is 39.3 Å². The first-order valence-electron chi connectivity index (χ1n) is 12.6. The smallest absolute Gasteiger partial charge is 0.243 e. The van der Waals surface area contributed by atoms with Gasteiger partial charge in [-0.3, -0.25) is 4.79 Å². The lowest BCUT2D eigenvalue weighted by Gasteiger charge is -2.38. The first-order chi connectivity index (χ1) is 17.9. The summed E-state index contributed by atoms with van der Waals surface area (Å²) < 4.78 is 39.7. The summed E-state index contributed by atoms with van der Waals surface area (Å²) in [5.74, 6) is 1.16. The number of piperazine rings is 1. The predicted octanol–water partition coefficient (Wildman–Crippen LogP) is 3.45. The first-order valence-corrected chi connectivity index (χ1v) is 14.9. The summed E-state index contributed by atoms with van der Waals surface area (Å²) in [5.41, 5.74) is 0.947. The van der Waals surface area contributed by atoms with Crippen LogP contribution in [0.2, 0.25) is 0 Å². The number of rotatable bonds is 7. The molecule has 2 aromatic carbocycles. The molecule has 2 saturated heterocycles. The van der Waals surface area contributed by atoms with Crippen molar-refractivity contribution in [1.82, 2.24) is 14.2 Å². The lowest BCUT2D eigenvalue weighted by Crippen LogP contribution is -2.53. The average Bonchev–Trinajstić information content (AvgIpc) is 3.36. The Kier molecular flexibility index (Phi) is 7.55. The number of ether oxygens (including phenoxy) is 2. The minimum atomic E-state index is -3.67. The van der Waals surface area contributed by atoms with E-state index in [0.29, 0.717) is 57.9 Å². The van der Waals surface area contributed by atoms with Crippen LogP contribution in [0.5, 0.6) is 11.5 Å². The van der Waals surface area contributed by atoms with Crippen LogP contribution in [0.25, 0.3) is 10.2 Å². The SMILES string of the molecule is CCOc1ccc2nc(N3CCN(C(=O)C4CCCN(S(=O)(=O)c5ccc(OC)cc5)C4)CC3)sc2c1. The summed E-state index contributed by atoms with van der Waals surface area (Å²) in [7, 11) is -2.12. The third-order valence-corrected chi connectivity index (χ3v) is 9.91. The van der Waals surface area contributed by atoms with Crippen molar-refractivity contribution in [3.63, 3.8) is 0 Å². The number of hydrogen-bond donors (Lipinski definition) is 0. The highest BCUT2D eigenvalue weighted by molar-refractivity contribution is 7.89. The van der Waals surface area contributed by atoms with E-state index in [1.165, 1.54) is 4.31 Å². The van der Waals surface area contributed by atoms with Gasteiger partial charge in [-0.2, -0.15) is 4.31 Å². The highest BCUT2D eigenvalue weighted by Crippen LogP contribution is 2.32. The van der Waals surface area contributed by atoms with Crippen molar-refractivity contribution in [2.24, 2.45) is 5.92 Å². The van der Waals surface area contributed by atoms with E-state index in [1.54, 1.807) is 42.7 Å². The topological polar surface area (TPSA) is 92.3 Å². The fourth-order valence-electron chi connectivity index (χ4n) is 4.92. The molecular formula is C26H32N4O5S2. The van der Waals surface area contributed by atoms with Crippen LogP contribution >= 0.6 is 11.3 Å². The molecule has 2 aliphatic heterocycles. The monoisotopic (exact) mass is 544 g/mol. The Hall–Kier alpha value is -2.89. The van der Waals surface area contributed by atoms with Gasteiger partial charge in [-0.25, -0.2) is 13.4 Å². The standard InChI is InChI=1S/C26H32N4O5S2/c1-3-35-21-8-11-23-24(17-21)36-26(27-23)29-15-13-28(14-16-29)25(31)19-5-4-12-30(18-19)37(32,33)22-9-6-20(34-2)7-10-22/h6-11,17,19H,3-5,12-16,18H2,1-2H3. The number of methoxy groups -OCH3 is 1. The Morgan fingerprint density at radius 2 is 1.78 bits per heavy atom. The molecule has 0 radical (unpaired) electrons. The fourth-order valence-corrected chi connectivity index (χ4v) is 7.49. The van der Waals surface area contributed by atoms with Gasteiger partial charge < -0.3 is 19.3 Å². The van der Waals surface area contributed by atoms with E-state index in [0.717, 1.165) is 21.1 Å². The van der Waals surface area contributed by atoms with Crippen molar-refractivity contribution in [3.05, 3.63) is 42.5 Å². The molecular weight excluding hydrogens is 512 g/mol. The molecule has 1 atom stereocenters. The molecule has 0 bridgehead atoms. The van der Waals surface area contributed by atoms with E-state index in [4.69, 9.17) is 14.5 Å². The Labute approximate surface area is 221 Å². The molecule has 9 nitrogen and oxygen atoms in total. The molecule has 1 unspecified atom stereocenters. The maximum Gasteiger partial charge on any atom is 0.243 e. The lowest BCUT2D eigenvalue weighted by molar-refractivity contribution is -0.137. The number of hydrogen-bond acceptors (Lipinski definition) is 8. The van der Waals surface area contributed by atoms with Gasteiger partial charge in [0.25, 0.3) is 0 Å². The van der Waals surface area contributed by atoms with E-state index in [-0.39, 0.29) is 23.3 Å². The summed E-state index contributed by atoms with van der Waals surface area (Å²) >= 11 is 1.63. The summed E-state index contributed by atoms with van der Waals surface area (Å²) in [6.07, 6.45) is 1.37. The van der Waals surface area contributed by atoms with Gasteiger partial charge in [0.2, 0.25) is 15.9 Å². The van der Waals surface area contributed by atoms with Crippen molar-refractivity contribution >= 4 is 42.6 Å². The second-order valence-corrected chi connectivity index (χ2v) is 12.2. The quantitative estimate of drug-likeness (QED) is 0.450. The molecule has 2 aliphatic rings. The van der Waals surface area contributed by atoms with Crippen LogP contribution in [0.3, 0.4) is 0 Å². The molecule has 37 heavy (non-hydrogen) atoms. The molecule has 2 fully saturated rings. The Bertz CT molecular complexity index is 1350. The van der Waals surface area contributed by atoms with Crippen molar-refractivity contribution in [2.75, 3.05) is 57.9 Å². The number of carbonyl (C=O) groups is 1. The predicted molar refractivity (Wildman–Crippen MR) is 144 cm³/mol. The Balaban J connectivity index is 1.20. The molecule has 1 amide bonds. The van der Waals surface area contributed by atoms with E-state index in [9.17, 15) is 13.2 Å². The Morgan fingerprint density at radius 1 is 1.05 bits per heavy atom. The molecule has 0 saturated carbocycles. The molecule has 11 heteroatoms. The number of carbonyl (C=O) groups excluding carboxylic acids is 1. The van der Waals surface area contributed by atoms with Crippen LogP contribution in [0.15, 0.2) is 47.4 Å². The van der Waals surface area contributed by atoms with Gasteiger partial charge >= 0.3 is 0 Å². The number of piperidine rings is 1. The largest absolute Gasteiger partial charge is 0.497 e. The van der Waals surface area contributed by atoms with Crippen LogP contribution in [-0.2, 0) is 14.8 Å². The first kappa shape index (κ1) is 25.7. The van der Waals surface area contributed by atoms with E-state index >= 15 is 0 Å². The zero-order valence-electron chi connectivity index (χ0n) is 21.1. The molecule has 3 heterocycles. The van der Waals surface area contributed by atoms with Crippen molar-refractivity contribution in [1.29, 1.82) is 0 Å². The van der Waals surface area contributed by atoms with E-state index in [2.05, 4.69) is 4.90 Å². The molecule has 1 aromatic heterocycles. The summed E-state index contributed by atoms with van der Waals surface area (Å²) in [6, 6.07) is 12.3. The molecule has 198 valence electrons. The summed E-state index contributed by atoms with van der Waals surface area (Å²) in [5, 5.41) is 0.949. The highest BCUT2D eigenvalue weighted by atomic mass is 32.2. The fraction of sp³-hybridized carbons (Fsp3) is 0.462. The zero-order valence-corrected chi connectivity index (χ0v) is 22.8. The third-order valence-electron chi connectivity index (χ3n) is 6.95. The molecule has 5 rings (SSSR count). The molecule has 0 spiro atoms. The number of fused-ring (bicyclic) bond motifs is 1.